The van der Waals surface area contributed by atoms with Gasteiger partial charge in [0.25, 0.3) is 0 Å². The van der Waals surface area contributed by atoms with Crippen molar-refractivity contribution in [2.45, 2.75) is 31.4 Å². The average molecular weight is 173 g/mol. The van der Waals surface area contributed by atoms with Crippen molar-refractivity contribution >= 4 is 5.97 Å². The topological polar surface area (TPSA) is 58.6 Å². The Kier molecular flexibility index (Phi) is 3.49. The van der Waals surface area contributed by atoms with Crippen LogP contribution >= 0.6 is 0 Å². The Morgan fingerprint density at radius 2 is 2.42 bits per heavy atom. The largest absolute Gasteiger partial charge is 0.480 e. The molecule has 0 bridgehead atoms. The van der Waals surface area contributed by atoms with E-state index in [2.05, 4.69) is 5.32 Å². The highest BCUT2D eigenvalue weighted by Crippen LogP contribution is 2.20. The first-order valence-corrected chi connectivity index (χ1v) is 4.22. The third kappa shape index (κ3) is 2.46. The summed E-state index contributed by atoms with van der Waals surface area (Å²) in [6.45, 7) is 0.0323. The second kappa shape index (κ2) is 4.42. The molecule has 0 spiro atoms. The monoisotopic (exact) mass is 173 g/mol. The molecule has 4 nitrogen and oxygen atoms in total. The minimum atomic E-state index is -0.809. The molecule has 0 aliphatic heterocycles. The van der Waals surface area contributed by atoms with Crippen molar-refractivity contribution in [1.29, 1.82) is 0 Å². The normalized spacial score (nSPS) is 29.1. The maximum absolute atomic E-state index is 10.2. The molecule has 1 rings (SSSR count). The van der Waals surface area contributed by atoms with Crippen molar-refractivity contribution in [3.05, 3.63) is 0 Å². The highest BCUT2D eigenvalue weighted by Gasteiger charge is 2.26. The van der Waals surface area contributed by atoms with E-state index >= 15 is 0 Å². The summed E-state index contributed by atoms with van der Waals surface area (Å²) < 4.78 is 5.20. The number of carbonyl (C=O) groups is 1. The van der Waals surface area contributed by atoms with Crippen LogP contribution in [0.15, 0.2) is 0 Å². The van der Waals surface area contributed by atoms with Crippen LogP contribution in [0, 0.1) is 0 Å². The number of ether oxygens (including phenoxy) is 1. The maximum Gasteiger partial charge on any atom is 0.317 e. The third-order valence-corrected chi connectivity index (χ3v) is 2.27. The van der Waals surface area contributed by atoms with Gasteiger partial charge in [-0.15, -0.1) is 0 Å². The number of rotatable bonds is 4. The average Bonchev–Trinajstić information content (AvgIpc) is 2.47. The molecular formula is C8H15NO3. The molecule has 0 heterocycles. The molecule has 0 amide bonds. The lowest BCUT2D eigenvalue weighted by Gasteiger charge is -2.18. The Labute approximate surface area is 71.9 Å². The summed E-state index contributed by atoms with van der Waals surface area (Å²) in [7, 11) is 1.67. The molecule has 1 saturated carbocycles. The van der Waals surface area contributed by atoms with E-state index < -0.39 is 5.97 Å². The van der Waals surface area contributed by atoms with Crippen LogP contribution in [0.3, 0.4) is 0 Å². The van der Waals surface area contributed by atoms with Gasteiger partial charge in [-0.1, -0.05) is 0 Å². The van der Waals surface area contributed by atoms with Gasteiger partial charge in [0.15, 0.2) is 0 Å². The van der Waals surface area contributed by atoms with Gasteiger partial charge >= 0.3 is 5.97 Å². The van der Waals surface area contributed by atoms with Crippen LogP contribution in [0.4, 0.5) is 0 Å². The zero-order valence-electron chi connectivity index (χ0n) is 7.25. The molecular weight excluding hydrogens is 158 g/mol. The Morgan fingerprint density at radius 3 is 3.00 bits per heavy atom. The van der Waals surface area contributed by atoms with Crippen LogP contribution in [0.5, 0.6) is 0 Å². The fraction of sp³-hybridized carbons (Fsp3) is 0.875. The molecule has 0 aromatic rings. The fourth-order valence-electron chi connectivity index (χ4n) is 1.66. The molecule has 1 aliphatic carbocycles. The molecule has 12 heavy (non-hydrogen) atoms. The van der Waals surface area contributed by atoms with Gasteiger partial charge in [0, 0.05) is 13.2 Å². The third-order valence-electron chi connectivity index (χ3n) is 2.27. The number of carboxylic acids is 1. The molecule has 0 saturated heterocycles. The molecule has 1 aliphatic rings. The SMILES string of the molecule is CO[C@@H]1CCC[C@H]1NCC(=O)O. The fourth-order valence-corrected chi connectivity index (χ4v) is 1.66. The van der Waals surface area contributed by atoms with E-state index in [0.717, 1.165) is 19.3 Å². The summed E-state index contributed by atoms with van der Waals surface area (Å²) in [5, 5.41) is 11.4. The summed E-state index contributed by atoms with van der Waals surface area (Å²) in [4.78, 5) is 10.2. The van der Waals surface area contributed by atoms with Crippen LogP contribution in [-0.4, -0.2) is 36.9 Å². The molecule has 2 atom stereocenters. The van der Waals surface area contributed by atoms with Gasteiger partial charge in [-0.2, -0.15) is 0 Å². The van der Waals surface area contributed by atoms with Gasteiger partial charge in [-0.3, -0.25) is 4.79 Å². The van der Waals surface area contributed by atoms with Gasteiger partial charge in [-0.25, -0.2) is 0 Å². The summed E-state index contributed by atoms with van der Waals surface area (Å²) in [5.74, 6) is -0.809. The van der Waals surface area contributed by atoms with Gasteiger partial charge in [0.05, 0.1) is 12.6 Å². The molecule has 70 valence electrons. The molecule has 1 fully saturated rings. The number of aliphatic carboxylic acids is 1. The van der Waals surface area contributed by atoms with E-state index in [-0.39, 0.29) is 18.7 Å². The molecule has 4 heteroatoms. The summed E-state index contributed by atoms with van der Waals surface area (Å²) in [6.07, 6.45) is 3.37. The van der Waals surface area contributed by atoms with Crippen molar-refractivity contribution in [3.8, 4) is 0 Å². The quantitative estimate of drug-likeness (QED) is 0.639. The molecule has 0 unspecified atom stereocenters. The predicted molar refractivity (Wildman–Crippen MR) is 44.1 cm³/mol. The standard InChI is InChI=1S/C8H15NO3/c1-12-7-4-2-3-6(7)9-5-8(10)11/h6-7,9H,2-5H2,1H3,(H,10,11)/t6-,7-/m1/s1. The van der Waals surface area contributed by atoms with Crippen LogP contribution in [-0.2, 0) is 9.53 Å². The van der Waals surface area contributed by atoms with E-state index in [1.54, 1.807) is 7.11 Å². The van der Waals surface area contributed by atoms with Crippen molar-refractivity contribution in [3.63, 3.8) is 0 Å². The Balaban J connectivity index is 2.26. The highest BCUT2D eigenvalue weighted by molar-refractivity contribution is 5.69. The predicted octanol–water partition coefficient (Wildman–Crippen LogP) is 0.228. The Morgan fingerprint density at radius 1 is 1.67 bits per heavy atom. The first-order valence-electron chi connectivity index (χ1n) is 4.22. The van der Waals surface area contributed by atoms with Crippen LogP contribution in [0.25, 0.3) is 0 Å². The molecule has 2 N–H and O–H groups in total. The maximum atomic E-state index is 10.2. The Hall–Kier alpha value is -0.610. The molecule has 0 aromatic carbocycles. The van der Waals surface area contributed by atoms with E-state index in [4.69, 9.17) is 9.84 Å². The minimum absolute atomic E-state index is 0.0323. The second-order valence-electron chi connectivity index (χ2n) is 3.09. The minimum Gasteiger partial charge on any atom is -0.480 e. The van der Waals surface area contributed by atoms with E-state index in [0.29, 0.717) is 0 Å². The van der Waals surface area contributed by atoms with E-state index in [1.165, 1.54) is 0 Å². The smallest absolute Gasteiger partial charge is 0.317 e. The molecule has 0 radical (unpaired) electrons. The van der Waals surface area contributed by atoms with Crippen LogP contribution in [0.2, 0.25) is 0 Å². The number of nitrogens with one attached hydrogen (secondary N) is 1. The lowest BCUT2D eigenvalue weighted by atomic mass is 10.2. The number of methoxy groups -OCH3 is 1. The van der Waals surface area contributed by atoms with Crippen LogP contribution in [0.1, 0.15) is 19.3 Å². The van der Waals surface area contributed by atoms with Crippen molar-refractivity contribution in [2.75, 3.05) is 13.7 Å². The van der Waals surface area contributed by atoms with Crippen molar-refractivity contribution in [2.24, 2.45) is 0 Å². The summed E-state index contributed by atoms with van der Waals surface area (Å²) in [6, 6.07) is 0.228. The molecule has 0 aromatic heterocycles. The number of hydrogen-bond donors (Lipinski definition) is 2. The number of carboxylic acid groups (broad SMARTS) is 1. The second-order valence-corrected chi connectivity index (χ2v) is 3.09. The summed E-state index contributed by atoms with van der Waals surface area (Å²) in [5.41, 5.74) is 0. The number of hydrogen-bond acceptors (Lipinski definition) is 3. The zero-order chi connectivity index (χ0) is 8.97. The lowest BCUT2D eigenvalue weighted by Crippen LogP contribution is -2.39. The Bertz CT molecular complexity index is 160. The lowest BCUT2D eigenvalue weighted by molar-refractivity contribution is -0.136. The van der Waals surface area contributed by atoms with Crippen LogP contribution < -0.4 is 5.32 Å². The van der Waals surface area contributed by atoms with Gasteiger partial charge in [0.2, 0.25) is 0 Å². The van der Waals surface area contributed by atoms with Gasteiger partial charge in [-0.05, 0) is 19.3 Å². The van der Waals surface area contributed by atoms with E-state index in [9.17, 15) is 4.79 Å². The highest BCUT2D eigenvalue weighted by atomic mass is 16.5. The van der Waals surface area contributed by atoms with Gasteiger partial charge in [0.1, 0.15) is 0 Å². The van der Waals surface area contributed by atoms with Gasteiger partial charge < -0.3 is 15.2 Å². The first kappa shape index (κ1) is 9.48. The van der Waals surface area contributed by atoms with E-state index in [1.807, 2.05) is 0 Å². The van der Waals surface area contributed by atoms with Crippen molar-refractivity contribution in [1.82, 2.24) is 5.32 Å². The summed E-state index contributed by atoms with van der Waals surface area (Å²) >= 11 is 0. The van der Waals surface area contributed by atoms with Crippen molar-refractivity contribution < 1.29 is 14.6 Å². The first-order chi connectivity index (χ1) is 5.74. The zero-order valence-corrected chi connectivity index (χ0v) is 7.25.